The molecule has 0 bridgehead atoms. The lowest BCUT2D eigenvalue weighted by atomic mass is 10.1. The number of aromatic nitrogens is 3. The lowest BCUT2D eigenvalue weighted by molar-refractivity contribution is -0.116. The number of rotatable bonds is 6. The fourth-order valence-corrected chi connectivity index (χ4v) is 5.12. The van der Waals surface area contributed by atoms with E-state index < -0.39 is 22.6 Å². The van der Waals surface area contributed by atoms with Gasteiger partial charge < -0.3 is 5.32 Å². The molecule has 1 aliphatic rings. The molecule has 0 amide bonds. The van der Waals surface area contributed by atoms with Crippen LogP contribution >= 0.6 is 22.6 Å². The molecular weight excluding hydrogens is 590 g/mol. The van der Waals surface area contributed by atoms with Gasteiger partial charge in [0.15, 0.2) is 0 Å². The molecule has 190 valence electrons. The van der Waals surface area contributed by atoms with Crippen molar-refractivity contribution in [3.05, 3.63) is 94.2 Å². The van der Waals surface area contributed by atoms with E-state index in [0.717, 1.165) is 0 Å². The monoisotopic (exact) mass is 614 g/mol. The van der Waals surface area contributed by atoms with E-state index in [2.05, 4.69) is 5.32 Å². The summed E-state index contributed by atoms with van der Waals surface area (Å²) in [6.07, 6.45) is 1.55. The number of carbonyl (C=O) groups excluding carboxylic acids is 1. The molecular formula is C27H24FIN4O4. The van der Waals surface area contributed by atoms with Gasteiger partial charge in [-0.25, -0.2) is 9.18 Å². The molecule has 2 heterocycles. The molecule has 1 N–H and O–H groups in total. The highest BCUT2D eigenvalue weighted by Crippen LogP contribution is 2.34. The van der Waals surface area contributed by atoms with Gasteiger partial charge in [-0.05, 0) is 85.2 Å². The topological polar surface area (TPSA) is 95.1 Å². The molecule has 1 saturated carbocycles. The maximum atomic E-state index is 14.8. The maximum absolute atomic E-state index is 14.8. The molecule has 5 rings (SSSR count). The van der Waals surface area contributed by atoms with Crippen LogP contribution in [0.3, 0.4) is 0 Å². The van der Waals surface area contributed by atoms with Crippen molar-refractivity contribution >= 4 is 50.8 Å². The summed E-state index contributed by atoms with van der Waals surface area (Å²) in [5.41, 5.74) is 0.0784. The van der Waals surface area contributed by atoms with Crippen molar-refractivity contribution < 1.29 is 9.18 Å². The van der Waals surface area contributed by atoms with Gasteiger partial charge in [0.25, 0.3) is 11.1 Å². The smallest absolute Gasteiger partial charge is 0.336 e. The Bertz CT molecular complexity index is 1780. The fraction of sp³-hybridized carbons (Fsp3) is 0.259. The number of halogens is 2. The Hall–Kier alpha value is -3.54. The highest BCUT2D eigenvalue weighted by Gasteiger charge is 2.31. The standard InChI is InChI=1S/C27H24FIN4O4/c1-14(34)11-16-5-4-6-19(12-16)32-23-15(2)25(35)31(3)24(30-21-10-7-17(29)13-20(21)28)22(23)26(36)33(27(32)37)18-8-9-18/h4-7,10,12-13,18,30H,8-9,11H2,1-3H3. The Morgan fingerprint density at radius 1 is 1.11 bits per heavy atom. The highest BCUT2D eigenvalue weighted by atomic mass is 127. The van der Waals surface area contributed by atoms with Gasteiger partial charge in [0.1, 0.15) is 22.8 Å². The summed E-state index contributed by atoms with van der Waals surface area (Å²) >= 11 is 2.00. The van der Waals surface area contributed by atoms with Crippen LogP contribution in [0.5, 0.6) is 0 Å². The second-order valence-corrected chi connectivity index (χ2v) is 10.6. The fourth-order valence-electron chi connectivity index (χ4n) is 4.67. The molecule has 1 fully saturated rings. The van der Waals surface area contributed by atoms with Crippen LogP contribution in [0.2, 0.25) is 0 Å². The van der Waals surface area contributed by atoms with Crippen LogP contribution in [-0.2, 0) is 18.3 Å². The number of benzene rings is 2. The number of pyridine rings is 1. The van der Waals surface area contributed by atoms with E-state index in [1.165, 1.54) is 39.8 Å². The third kappa shape index (κ3) is 4.43. The van der Waals surface area contributed by atoms with Gasteiger partial charge in [-0.2, -0.15) is 0 Å². The molecule has 37 heavy (non-hydrogen) atoms. The molecule has 0 spiro atoms. The first-order valence-electron chi connectivity index (χ1n) is 11.8. The number of Topliss-reactive ketones (excluding diaryl/α,β-unsaturated/α-hetero) is 1. The zero-order valence-electron chi connectivity index (χ0n) is 20.5. The second kappa shape index (κ2) is 9.40. The first kappa shape index (κ1) is 25.1. The number of fused-ring (bicyclic) bond motifs is 1. The van der Waals surface area contributed by atoms with Crippen molar-refractivity contribution in [3.8, 4) is 5.69 Å². The first-order valence-corrected chi connectivity index (χ1v) is 12.9. The largest absolute Gasteiger partial charge is 0.338 e. The van der Waals surface area contributed by atoms with Gasteiger partial charge in [-0.1, -0.05) is 12.1 Å². The van der Waals surface area contributed by atoms with E-state index in [0.29, 0.717) is 27.7 Å². The molecule has 4 aromatic rings. The van der Waals surface area contributed by atoms with Crippen LogP contribution in [0.1, 0.15) is 36.9 Å². The maximum Gasteiger partial charge on any atom is 0.336 e. The van der Waals surface area contributed by atoms with Crippen molar-refractivity contribution in [3.63, 3.8) is 0 Å². The predicted octanol–water partition coefficient (Wildman–Crippen LogP) is 4.11. The molecule has 10 heteroatoms. The number of carbonyl (C=O) groups is 1. The van der Waals surface area contributed by atoms with Crippen LogP contribution in [0.25, 0.3) is 16.6 Å². The van der Waals surface area contributed by atoms with Crippen molar-refractivity contribution in [2.75, 3.05) is 5.32 Å². The molecule has 0 saturated heterocycles. The van der Waals surface area contributed by atoms with E-state index in [4.69, 9.17) is 0 Å². The lowest BCUT2D eigenvalue weighted by Crippen LogP contribution is -2.41. The minimum Gasteiger partial charge on any atom is -0.338 e. The average molecular weight is 614 g/mol. The van der Waals surface area contributed by atoms with E-state index in [9.17, 15) is 23.6 Å². The summed E-state index contributed by atoms with van der Waals surface area (Å²) < 4.78 is 19.4. The van der Waals surface area contributed by atoms with Crippen LogP contribution in [0.4, 0.5) is 15.9 Å². The third-order valence-electron chi connectivity index (χ3n) is 6.56. The van der Waals surface area contributed by atoms with Gasteiger partial charge >= 0.3 is 5.69 Å². The summed E-state index contributed by atoms with van der Waals surface area (Å²) in [6, 6.07) is 11.3. The van der Waals surface area contributed by atoms with Crippen molar-refractivity contribution in [2.24, 2.45) is 7.05 Å². The number of nitrogens with zero attached hydrogens (tertiary/aromatic N) is 3. The van der Waals surface area contributed by atoms with Gasteiger partial charge in [-0.15, -0.1) is 0 Å². The second-order valence-electron chi connectivity index (χ2n) is 9.38. The van der Waals surface area contributed by atoms with Gasteiger partial charge in [0.2, 0.25) is 0 Å². The van der Waals surface area contributed by atoms with E-state index >= 15 is 0 Å². The first-order chi connectivity index (χ1) is 17.6. The Kier molecular flexibility index (Phi) is 6.38. The number of hydrogen-bond donors (Lipinski definition) is 1. The summed E-state index contributed by atoms with van der Waals surface area (Å²) in [5, 5.41) is 3.07. The molecule has 1 aliphatic carbocycles. The Morgan fingerprint density at radius 2 is 1.84 bits per heavy atom. The number of anilines is 2. The van der Waals surface area contributed by atoms with E-state index in [1.54, 1.807) is 37.3 Å². The molecule has 2 aromatic heterocycles. The zero-order chi connectivity index (χ0) is 26.6. The van der Waals surface area contributed by atoms with Crippen molar-refractivity contribution in [2.45, 2.75) is 39.2 Å². The number of hydrogen-bond acceptors (Lipinski definition) is 5. The average Bonchev–Trinajstić information content (AvgIpc) is 3.67. The normalized spacial score (nSPS) is 13.2. The third-order valence-corrected chi connectivity index (χ3v) is 7.23. The van der Waals surface area contributed by atoms with Crippen LogP contribution in [0.15, 0.2) is 56.8 Å². The molecule has 2 aromatic carbocycles. The minimum absolute atomic E-state index is 0.0339. The van der Waals surface area contributed by atoms with Gasteiger partial charge in [0, 0.05) is 28.6 Å². The molecule has 0 aliphatic heterocycles. The SMILES string of the molecule is CC(=O)Cc1cccc(-n2c(=O)n(C3CC3)c(=O)c3c(Nc4ccc(I)cc4F)n(C)c(=O)c(C)c32)c1. The Morgan fingerprint density at radius 3 is 2.49 bits per heavy atom. The Labute approximate surface area is 224 Å². The molecule has 0 radical (unpaired) electrons. The summed E-state index contributed by atoms with van der Waals surface area (Å²) in [4.78, 5) is 52.7. The van der Waals surface area contributed by atoms with E-state index in [1.807, 2.05) is 22.6 Å². The number of ketones is 1. The number of aryl methyl sites for hydroxylation is 1. The van der Waals surface area contributed by atoms with Crippen LogP contribution in [0, 0.1) is 16.3 Å². The van der Waals surface area contributed by atoms with Gasteiger partial charge in [0.05, 0.1) is 16.9 Å². The van der Waals surface area contributed by atoms with Crippen molar-refractivity contribution in [1.82, 2.24) is 13.7 Å². The quantitative estimate of drug-likeness (QED) is 0.330. The van der Waals surface area contributed by atoms with E-state index in [-0.39, 0.29) is 46.2 Å². The van der Waals surface area contributed by atoms with Crippen LogP contribution < -0.4 is 22.1 Å². The molecule has 0 unspecified atom stereocenters. The summed E-state index contributed by atoms with van der Waals surface area (Å²) in [5.74, 6) is -0.479. The van der Waals surface area contributed by atoms with Crippen molar-refractivity contribution in [1.29, 1.82) is 0 Å². The highest BCUT2D eigenvalue weighted by molar-refractivity contribution is 14.1. The minimum atomic E-state index is -0.553. The zero-order valence-corrected chi connectivity index (χ0v) is 22.6. The lowest BCUT2D eigenvalue weighted by Gasteiger charge is -2.21. The summed E-state index contributed by atoms with van der Waals surface area (Å²) in [6.45, 7) is 3.05. The molecule has 8 nitrogen and oxygen atoms in total. The Balaban J connectivity index is 1.90. The summed E-state index contributed by atoms with van der Waals surface area (Å²) in [7, 11) is 1.51. The number of nitrogens with one attached hydrogen (secondary N) is 1. The molecule has 0 atom stereocenters. The van der Waals surface area contributed by atoms with Crippen LogP contribution in [-0.4, -0.2) is 19.5 Å². The predicted molar refractivity (Wildman–Crippen MR) is 149 cm³/mol. The van der Waals surface area contributed by atoms with Gasteiger partial charge in [-0.3, -0.25) is 28.1 Å².